The zero-order chi connectivity index (χ0) is 14.3. The standard InChI is InChI=1S/C13H18N6S/c1-5-6-10-16-17-12-19(10)18-11(20-12)8-7-9(15-14-8)13(2,3)4/h7H,5-6H2,1-4H3,(H,14,15). The van der Waals surface area contributed by atoms with Crippen molar-refractivity contribution in [2.75, 3.05) is 0 Å². The Balaban J connectivity index is 2.00. The molecule has 0 fully saturated rings. The maximum Gasteiger partial charge on any atom is 0.235 e. The molecule has 0 atom stereocenters. The van der Waals surface area contributed by atoms with Gasteiger partial charge in [-0.1, -0.05) is 39.0 Å². The third kappa shape index (κ3) is 2.22. The Hall–Kier alpha value is -1.76. The minimum absolute atomic E-state index is 0.0532. The molecule has 0 aromatic carbocycles. The number of nitrogens with zero attached hydrogens (tertiary/aromatic N) is 5. The van der Waals surface area contributed by atoms with Gasteiger partial charge in [0.25, 0.3) is 0 Å². The largest absolute Gasteiger partial charge is 0.281 e. The third-order valence-corrected chi connectivity index (χ3v) is 4.06. The van der Waals surface area contributed by atoms with E-state index < -0.39 is 0 Å². The number of aromatic nitrogens is 6. The molecule has 0 radical (unpaired) electrons. The van der Waals surface area contributed by atoms with E-state index in [1.165, 1.54) is 11.3 Å². The van der Waals surface area contributed by atoms with E-state index in [1.807, 2.05) is 4.52 Å². The quantitative estimate of drug-likeness (QED) is 0.805. The van der Waals surface area contributed by atoms with Gasteiger partial charge in [-0.2, -0.15) is 14.7 Å². The molecule has 0 spiro atoms. The van der Waals surface area contributed by atoms with Crippen LogP contribution in [0.2, 0.25) is 0 Å². The highest BCUT2D eigenvalue weighted by atomic mass is 32.1. The molecule has 0 unspecified atom stereocenters. The van der Waals surface area contributed by atoms with Crippen molar-refractivity contribution in [2.45, 2.75) is 46.0 Å². The number of hydrogen-bond acceptors (Lipinski definition) is 5. The van der Waals surface area contributed by atoms with Crippen LogP contribution in [0, 0.1) is 0 Å². The molecule has 0 aliphatic rings. The van der Waals surface area contributed by atoms with Crippen molar-refractivity contribution < 1.29 is 0 Å². The molecular weight excluding hydrogens is 272 g/mol. The first-order valence-electron chi connectivity index (χ1n) is 6.76. The summed E-state index contributed by atoms with van der Waals surface area (Å²) in [6.07, 6.45) is 1.92. The van der Waals surface area contributed by atoms with E-state index >= 15 is 0 Å². The molecule has 6 nitrogen and oxygen atoms in total. The summed E-state index contributed by atoms with van der Waals surface area (Å²) in [7, 11) is 0. The number of nitrogens with one attached hydrogen (secondary N) is 1. The maximum absolute atomic E-state index is 4.58. The lowest BCUT2D eigenvalue weighted by Gasteiger charge is -2.14. The van der Waals surface area contributed by atoms with Gasteiger partial charge >= 0.3 is 0 Å². The molecule has 0 amide bonds. The Morgan fingerprint density at radius 2 is 2.10 bits per heavy atom. The molecule has 3 aromatic rings. The Morgan fingerprint density at radius 3 is 2.75 bits per heavy atom. The predicted octanol–water partition coefficient (Wildman–Crippen LogP) is 2.83. The highest BCUT2D eigenvalue weighted by molar-refractivity contribution is 7.19. The van der Waals surface area contributed by atoms with E-state index in [-0.39, 0.29) is 5.41 Å². The van der Waals surface area contributed by atoms with Gasteiger partial charge in [-0.25, -0.2) is 0 Å². The third-order valence-electron chi connectivity index (χ3n) is 3.13. The Kier molecular flexibility index (Phi) is 3.08. The van der Waals surface area contributed by atoms with Crippen molar-refractivity contribution in [3.05, 3.63) is 17.6 Å². The number of hydrogen-bond donors (Lipinski definition) is 1. The summed E-state index contributed by atoms with van der Waals surface area (Å²) in [6.45, 7) is 8.59. The lowest BCUT2D eigenvalue weighted by atomic mass is 9.92. The van der Waals surface area contributed by atoms with Gasteiger partial charge in [0.2, 0.25) is 4.96 Å². The minimum Gasteiger partial charge on any atom is -0.281 e. The zero-order valence-electron chi connectivity index (χ0n) is 12.1. The minimum atomic E-state index is 0.0532. The van der Waals surface area contributed by atoms with Gasteiger partial charge < -0.3 is 0 Å². The van der Waals surface area contributed by atoms with E-state index in [1.54, 1.807) is 0 Å². The first kappa shape index (κ1) is 13.2. The van der Waals surface area contributed by atoms with Crippen LogP contribution in [-0.2, 0) is 11.8 Å². The summed E-state index contributed by atoms with van der Waals surface area (Å²) < 4.78 is 1.83. The van der Waals surface area contributed by atoms with Crippen LogP contribution in [0.1, 0.15) is 45.6 Å². The number of fused-ring (bicyclic) bond motifs is 1. The normalized spacial score (nSPS) is 12.4. The van der Waals surface area contributed by atoms with Crippen molar-refractivity contribution in [1.29, 1.82) is 0 Å². The first-order chi connectivity index (χ1) is 9.49. The summed E-state index contributed by atoms with van der Waals surface area (Å²) in [4.78, 5) is 0.823. The van der Waals surface area contributed by atoms with Gasteiger partial charge in [0.05, 0.1) is 0 Å². The molecule has 106 valence electrons. The fourth-order valence-electron chi connectivity index (χ4n) is 1.96. The summed E-state index contributed by atoms with van der Waals surface area (Å²) >= 11 is 1.52. The molecule has 0 aliphatic carbocycles. The van der Waals surface area contributed by atoms with E-state index in [2.05, 4.69) is 59.3 Å². The second-order valence-electron chi connectivity index (χ2n) is 5.88. The molecule has 3 aromatic heterocycles. The molecule has 0 saturated carbocycles. The topological polar surface area (TPSA) is 71.8 Å². The first-order valence-corrected chi connectivity index (χ1v) is 7.58. The van der Waals surface area contributed by atoms with Crippen LogP contribution in [0.4, 0.5) is 0 Å². The monoisotopic (exact) mass is 290 g/mol. The van der Waals surface area contributed by atoms with E-state index in [0.717, 1.165) is 40.0 Å². The SMILES string of the molecule is CCCc1nnc2sc(-c3cc(C(C)(C)C)[nH]n3)nn12. The van der Waals surface area contributed by atoms with Gasteiger partial charge in [-0.15, -0.1) is 10.2 Å². The molecule has 3 rings (SSSR count). The van der Waals surface area contributed by atoms with Crippen molar-refractivity contribution in [3.8, 4) is 10.7 Å². The lowest BCUT2D eigenvalue weighted by Crippen LogP contribution is -2.11. The van der Waals surface area contributed by atoms with Gasteiger partial charge in [-0.05, 0) is 12.5 Å². The highest BCUT2D eigenvalue weighted by Gasteiger charge is 2.19. The molecule has 0 bridgehead atoms. The number of aromatic amines is 1. The molecule has 3 heterocycles. The van der Waals surface area contributed by atoms with Crippen LogP contribution in [0.15, 0.2) is 6.07 Å². The van der Waals surface area contributed by atoms with E-state index in [4.69, 9.17) is 0 Å². The number of H-pyrrole nitrogens is 1. The van der Waals surface area contributed by atoms with Crippen LogP contribution < -0.4 is 0 Å². The second-order valence-corrected chi connectivity index (χ2v) is 6.84. The van der Waals surface area contributed by atoms with E-state index in [9.17, 15) is 0 Å². The van der Waals surface area contributed by atoms with Crippen molar-refractivity contribution >= 4 is 16.3 Å². The lowest BCUT2D eigenvalue weighted by molar-refractivity contribution is 0.567. The smallest absolute Gasteiger partial charge is 0.235 e. The number of rotatable bonds is 3. The Morgan fingerprint density at radius 1 is 1.30 bits per heavy atom. The predicted molar refractivity (Wildman–Crippen MR) is 78.9 cm³/mol. The molecule has 1 N–H and O–H groups in total. The maximum atomic E-state index is 4.58. The summed E-state index contributed by atoms with van der Waals surface area (Å²) in [5.41, 5.74) is 2.03. The molecule has 0 aliphatic heterocycles. The van der Waals surface area contributed by atoms with Gasteiger partial charge in [-0.3, -0.25) is 5.10 Å². The highest BCUT2D eigenvalue weighted by Crippen LogP contribution is 2.28. The summed E-state index contributed by atoms with van der Waals surface area (Å²) in [5.74, 6) is 0.914. The van der Waals surface area contributed by atoms with E-state index in [0.29, 0.717) is 0 Å². The summed E-state index contributed by atoms with van der Waals surface area (Å²) in [5, 5.41) is 21.2. The molecular formula is C13H18N6S. The summed E-state index contributed by atoms with van der Waals surface area (Å²) in [6, 6.07) is 2.06. The van der Waals surface area contributed by atoms with Crippen LogP contribution in [0.5, 0.6) is 0 Å². The van der Waals surface area contributed by atoms with Crippen LogP contribution in [-0.4, -0.2) is 30.0 Å². The van der Waals surface area contributed by atoms with Crippen LogP contribution >= 0.6 is 11.3 Å². The van der Waals surface area contributed by atoms with Gasteiger partial charge in [0, 0.05) is 17.5 Å². The molecule has 7 heteroatoms. The second kappa shape index (κ2) is 4.66. The number of aryl methyl sites for hydroxylation is 1. The van der Waals surface area contributed by atoms with Gasteiger partial charge in [0.1, 0.15) is 5.69 Å². The van der Waals surface area contributed by atoms with Crippen LogP contribution in [0.25, 0.3) is 15.7 Å². The zero-order valence-corrected chi connectivity index (χ0v) is 13.0. The average Bonchev–Trinajstić information content (AvgIpc) is 3.02. The molecule has 20 heavy (non-hydrogen) atoms. The van der Waals surface area contributed by atoms with Crippen molar-refractivity contribution in [3.63, 3.8) is 0 Å². The average molecular weight is 290 g/mol. The Bertz CT molecular complexity index is 730. The Labute approximate surface area is 121 Å². The fourth-order valence-corrected chi connectivity index (χ4v) is 2.77. The fraction of sp³-hybridized carbons (Fsp3) is 0.538. The van der Waals surface area contributed by atoms with Crippen molar-refractivity contribution in [2.24, 2.45) is 0 Å². The molecule has 0 saturated heterocycles. The van der Waals surface area contributed by atoms with Crippen LogP contribution in [0.3, 0.4) is 0 Å². The van der Waals surface area contributed by atoms with Gasteiger partial charge in [0.15, 0.2) is 10.8 Å². The van der Waals surface area contributed by atoms with Crippen molar-refractivity contribution in [1.82, 2.24) is 30.0 Å².